The molecule has 2 aromatic carbocycles. The first-order valence-electron chi connectivity index (χ1n) is 8.27. The molecule has 24 heavy (non-hydrogen) atoms. The third kappa shape index (κ3) is 3.73. The van der Waals surface area contributed by atoms with Crippen LogP contribution in [0.5, 0.6) is 0 Å². The fourth-order valence-corrected chi connectivity index (χ4v) is 3.42. The zero-order valence-electron chi connectivity index (χ0n) is 13.8. The quantitative estimate of drug-likeness (QED) is 0.752. The second-order valence-corrected chi connectivity index (χ2v) is 7.19. The van der Waals surface area contributed by atoms with E-state index >= 15 is 0 Å². The molecule has 0 radical (unpaired) electrons. The summed E-state index contributed by atoms with van der Waals surface area (Å²) in [7, 11) is 0. The van der Waals surface area contributed by atoms with Gasteiger partial charge in [0.15, 0.2) is 0 Å². The monoisotopic (exact) mass is 387 g/mol. The molecule has 1 fully saturated rings. The van der Waals surface area contributed by atoms with Crippen molar-refractivity contribution in [2.75, 3.05) is 22.5 Å². The van der Waals surface area contributed by atoms with Crippen LogP contribution in [0, 0.1) is 0 Å². The summed E-state index contributed by atoms with van der Waals surface area (Å²) in [5, 5.41) is 2.91. The Balaban J connectivity index is 1.74. The van der Waals surface area contributed by atoms with Gasteiger partial charge in [-0.2, -0.15) is 0 Å². The van der Waals surface area contributed by atoms with Gasteiger partial charge in [-0.05, 0) is 68.7 Å². The predicted molar refractivity (Wildman–Crippen MR) is 104 cm³/mol. The summed E-state index contributed by atoms with van der Waals surface area (Å²) >= 11 is 3.37. The number of carbonyl (C=O) groups excluding carboxylic acids is 1. The van der Waals surface area contributed by atoms with Gasteiger partial charge in [-0.25, -0.2) is 0 Å². The topological polar surface area (TPSA) is 58.4 Å². The number of piperidine rings is 1. The molecule has 126 valence electrons. The first-order valence-corrected chi connectivity index (χ1v) is 9.07. The largest absolute Gasteiger partial charge is 0.397 e. The third-order valence-corrected chi connectivity index (χ3v) is 5.03. The Kier molecular flexibility index (Phi) is 5.09. The molecule has 0 bridgehead atoms. The average molecular weight is 388 g/mol. The van der Waals surface area contributed by atoms with E-state index in [4.69, 9.17) is 5.73 Å². The molecule has 0 unspecified atom stereocenters. The number of rotatable bonds is 3. The predicted octanol–water partition coefficient (Wildman–Crippen LogP) is 4.66. The lowest BCUT2D eigenvalue weighted by molar-refractivity contribution is 0.102. The molecule has 3 rings (SSSR count). The fraction of sp³-hybridized carbons (Fsp3) is 0.316. The molecule has 1 aliphatic rings. The number of hydrogen-bond donors (Lipinski definition) is 2. The summed E-state index contributed by atoms with van der Waals surface area (Å²) in [5.74, 6) is -0.138. The van der Waals surface area contributed by atoms with E-state index in [-0.39, 0.29) is 5.91 Å². The minimum absolute atomic E-state index is 0.138. The van der Waals surface area contributed by atoms with Gasteiger partial charge in [-0.1, -0.05) is 15.9 Å². The molecule has 0 aromatic heterocycles. The van der Waals surface area contributed by atoms with Gasteiger partial charge in [0.2, 0.25) is 0 Å². The summed E-state index contributed by atoms with van der Waals surface area (Å²) in [5.41, 5.74) is 9.35. The summed E-state index contributed by atoms with van der Waals surface area (Å²) in [6.07, 6.45) is 3.67. The number of halogens is 1. The molecule has 5 heteroatoms. The van der Waals surface area contributed by atoms with E-state index in [0.717, 1.165) is 16.7 Å². The number of nitrogens with zero attached hydrogens (tertiary/aromatic N) is 1. The number of nitrogen functional groups attached to an aromatic ring is 1. The summed E-state index contributed by atoms with van der Waals surface area (Å²) in [6.45, 7) is 3.28. The van der Waals surface area contributed by atoms with Gasteiger partial charge in [0, 0.05) is 28.3 Å². The van der Waals surface area contributed by atoms with Gasteiger partial charge in [-0.3, -0.25) is 4.79 Å². The van der Waals surface area contributed by atoms with Crippen molar-refractivity contribution >= 4 is 38.9 Å². The van der Waals surface area contributed by atoms with Crippen LogP contribution in [0.1, 0.15) is 36.5 Å². The number of nitrogens with one attached hydrogen (secondary N) is 1. The maximum Gasteiger partial charge on any atom is 0.255 e. The maximum atomic E-state index is 12.3. The Morgan fingerprint density at radius 3 is 2.62 bits per heavy atom. The van der Waals surface area contributed by atoms with E-state index in [9.17, 15) is 4.79 Å². The first kappa shape index (κ1) is 16.8. The Bertz CT molecular complexity index is 730. The number of anilines is 3. The van der Waals surface area contributed by atoms with Crippen molar-refractivity contribution in [1.82, 2.24) is 0 Å². The van der Waals surface area contributed by atoms with Crippen LogP contribution < -0.4 is 16.0 Å². The smallest absolute Gasteiger partial charge is 0.255 e. The Labute approximate surface area is 151 Å². The lowest BCUT2D eigenvalue weighted by Crippen LogP contribution is -2.37. The Morgan fingerprint density at radius 2 is 1.96 bits per heavy atom. The van der Waals surface area contributed by atoms with Crippen molar-refractivity contribution < 1.29 is 4.79 Å². The van der Waals surface area contributed by atoms with Crippen LogP contribution in [0.3, 0.4) is 0 Å². The van der Waals surface area contributed by atoms with E-state index in [2.05, 4.69) is 33.1 Å². The second kappa shape index (κ2) is 7.26. The molecule has 1 heterocycles. The van der Waals surface area contributed by atoms with Crippen LogP contribution in [-0.2, 0) is 0 Å². The molecule has 1 atom stereocenters. The first-order chi connectivity index (χ1) is 11.5. The van der Waals surface area contributed by atoms with Gasteiger partial charge in [-0.15, -0.1) is 0 Å². The lowest BCUT2D eigenvalue weighted by Gasteiger charge is -2.36. The van der Waals surface area contributed by atoms with E-state index < -0.39 is 0 Å². The van der Waals surface area contributed by atoms with Crippen LogP contribution >= 0.6 is 15.9 Å². The van der Waals surface area contributed by atoms with Crippen molar-refractivity contribution in [2.24, 2.45) is 0 Å². The summed E-state index contributed by atoms with van der Waals surface area (Å²) in [6, 6.07) is 13.5. The highest BCUT2D eigenvalue weighted by molar-refractivity contribution is 9.10. The lowest BCUT2D eigenvalue weighted by atomic mass is 10.0. The maximum absolute atomic E-state index is 12.3. The Morgan fingerprint density at radius 1 is 1.21 bits per heavy atom. The number of amides is 1. The van der Waals surface area contributed by atoms with Crippen LogP contribution in [0.4, 0.5) is 17.1 Å². The average Bonchev–Trinajstić information content (AvgIpc) is 2.56. The minimum atomic E-state index is -0.138. The summed E-state index contributed by atoms with van der Waals surface area (Å²) < 4.78 is 0.947. The Hall–Kier alpha value is -2.01. The van der Waals surface area contributed by atoms with Crippen LogP contribution in [0.25, 0.3) is 0 Å². The molecule has 3 N–H and O–H groups in total. The third-order valence-electron chi connectivity index (χ3n) is 4.50. The van der Waals surface area contributed by atoms with Crippen molar-refractivity contribution in [1.29, 1.82) is 0 Å². The highest BCUT2D eigenvalue weighted by atomic mass is 79.9. The molecule has 1 saturated heterocycles. The molecule has 1 amide bonds. The van der Waals surface area contributed by atoms with Crippen molar-refractivity contribution in [3.63, 3.8) is 0 Å². The number of carbonyl (C=O) groups is 1. The highest BCUT2D eigenvalue weighted by Gasteiger charge is 2.20. The van der Waals surface area contributed by atoms with Gasteiger partial charge in [0.05, 0.1) is 11.4 Å². The van der Waals surface area contributed by atoms with Gasteiger partial charge >= 0.3 is 0 Å². The summed E-state index contributed by atoms with van der Waals surface area (Å²) in [4.78, 5) is 14.7. The fourth-order valence-electron chi connectivity index (χ4n) is 3.15. The second-order valence-electron chi connectivity index (χ2n) is 6.27. The van der Waals surface area contributed by atoms with Gasteiger partial charge in [0.1, 0.15) is 0 Å². The zero-order chi connectivity index (χ0) is 17.1. The molecule has 1 aliphatic heterocycles. The van der Waals surface area contributed by atoms with E-state index in [1.807, 2.05) is 30.3 Å². The van der Waals surface area contributed by atoms with Gasteiger partial charge in [0.25, 0.3) is 5.91 Å². The van der Waals surface area contributed by atoms with Crippen LogP contribution in [0.15, 0.2) is 46.9 Å². The molecular weight excluding hydrogens is 366 g/mol. The molecular formula is C19H22BrN3O. The molecule has 0 saturated carbocycles. The number of hydrogen-bond acceptors (Lipinski definition) is 3. The van der Waals surface area contributed by atoms with Gasteiger partial charge < -0.3 is 16.0 Å². The highest BCUT2D eigenvalue weighted by Crippen LogP contribution is 2.31. The van der Waals surface area contributed by atoms with E-state index in [1.54, 1.807) is 12.1 Å². The normalized spacial score (nSPS) is 17.6. The standard InChI is InChI=1S/C19H22BrN3O/c1-13-4-2-3-11-23(13)18-10-9-16(12-17(18)21)22-19(24)14-5-7-15(20)8-6-14/h5-10,12-13H,2-4,11,21H2,1H3,(H,22,24)/t13-/m0/s1. The van der Waals surface area contributed by atoms with E-state index in [1.165, 1.54) is 19.3 Å². The van der Waals surface area contributed by atoms with Crippen LogP contribution in [-0.4, -0.2) is 18.5 Å². The van der Waals surface area contributed by atoms with Crippen LogP contribution in [0.2, 0.25) is 0 Å². The molecule has 0 spiro atoms. The van der Waals surface area contributed by atoms with Crippen molar-refractivity contribution in [2.45, 2.75) is 32.2 Å². The molecule has 2 aromatic rings. The SMILES string of the molecule is C[C@H]1CCCCN1c1ccc(NC(=O)c2ccc(Br)cc2)cc1N. The molecule has 0 aliphatic carbocycles. The van der Waals surface area contributed by atoms with E-state index in [0.29, 0.717) is 23.0 Å². The number of nitrogens with two attached hydrogens (primary N) is 1. The van der Waals surface area contributed by atoms with Crippen molar-refractivity contribution in [3.05, 3.63) is 52.5 Å². The molecule has 4 nitrogen and oxygen atoms in total. The number of benzene rings is 2. The van der Waals surface area contributed by atoms with Crippen molar-refractivity contribution in [3.8, 4) is 0 Å². The zero-order valence-corrected chi connectivity index (χ0v) is 15.3. The minimum Gasteiger partial charge on any atom is -0.397 e.